The minimum absolute atomic E-state index is 0.122. The quantitative estimate of drug-likeness (QED) is 0.0262. The summed E-state index contributed by atoms with van der Waals surface area (Å²) in [4.78, 5) is 38.1. The van der Waals surface area contributed by atoms with Gasteiger partial charge >= 0.3 is 17.9 Å². The van der Waals surface area contributed by atoms with E-state index in [1.807, 2.05) is 48.6 Å². The smallest absolute Gasteiger partial charge is 0.306 e. The van der Waals surface area contributed by atoms with Gasteiger partial charge in [0, 0.05) is 19.3 Å². The van der Waals surface area contributed by atoms with Crippen LogP contribution in [0.25, 0.3) is 0 Å². The zero-order valence-electron chi connectivity index (χ0n) is 43.8. The zero-order chi connectivity index (χ0) is 50.0. The number of rotatable bonds is 46. The largest absolute Gasteiger partial charge is 0.462 e. The molecule has 0 aromatic rings. The van der Waals surface area contributed by atoms with Crippen LogP contribution in [0, 0.1) is 0 Å². The van der Waals surface area contributed by atoms with Crippen molar-refractivity contribution in [3.05, 3.63) is 158 Å². The van der Waals surface area contributed by atoms with E-state index in [9.17, 15) is 14.4 Å². The van der Waals surface area contributed by atoms with Crippen molar-refractivity contribution in [1.82, 2.24) is 0 Å². The van der Waals surface area contributed by atoms with Crippen LogP contribution in [-0.4, -0.2) is 37.2 Å². The van der Waals surface area contributed by atoms with E-state index in [2.05, 4.69) is 130 Å². The fourth-order valence-corrected chi connectivity index (χ4v) is 6.72. The van der Waals surface area contributed by atoms with Crippen LogP contribution >= 0.6 is 0 Å². The Kier molecular flexibility index (Phi) is 51.6. The van der Waals surface area contributed by atoms with E-state index in [1.54, 1.807) is 0 Å². The van der Waals surface area contributed by atoms with E-state index in [0.717, 1.165) is 122 Å². The molecular formula is C63H96O6. The van der Waals surface area contributed by atoms with Gasteiger partial charge in [-0.2, -0.15) is 0 Å². The fraction of sp³-hybridized carbons (Fsp3) is 0.540. The van der Waals surface area contributed by atoms with E-state index in [1.165, 1.54) is 38.5 Å². The minimum atomic E-state index is -0.827. The first-order chi connectivity index (χ1) is 34.0. The summed E-state index contributed by atoms with van der Waals surface area (Å²) < 4.78 is 16.8. The standard InChI is InChI=1S/C63H96O6/c1-4-7-10-13-16-19-22-25-28-30-32-35-38-41-44-47-50-53-56-62(65)68-59-60(58-67-61(64)55-52-49-46-43-40-37-34-27-24-21-18-15-12-9-6-3)69-63(66)57-54-51-48-45-42-39-36-33-31-29-26-23-20-17-14-11-8-5-2/h9,12,15-37,40,60H,4-8,10-11,13-14,38-39,41-59H2,1-3H3/b12-9-,18-15-,19-16-,20-17-,24-21-,25-22-,26-23-,30-28-,31-29-,34-27-,35-32-,36-33-,40-37-. The van der Waals surface area contributed by atoms with Crippen LogP contribution in [0.5, 0.6) is 0 Å². The van der Waals surface area contributed by atoms with Gasteiger partial charge in [-0.3, -0.25) is 14.4 Å². The molecule has 0 amide bonds. The second kappa shape index (κ2) is 55.6. The molecule has 0 radical (unpaired) electrons. The molecule has 0 aliphatic carbocycles. The lowest BCUT2D eigenvalue weighted by atomic mass is 10.1. The predicted molar refractivity (Wildman–Crippen MR) is 297 cm³/mol. The topological polar surface area (TPSA) is 78.9 Å². The van der Waals surface area contributed by atoms with Crippen LogP contribution in [0.1, 0.15) is 201 Å². The van der Waals surface area contributed by atoms with E-state index >= 15 is 0 Å². The monoisotopic (exact) mass is 949 g/mol. The number of unbranched alkanes of at least 4 members (excludes halogenated alkanes) is 19. The lowest BCUT2D eigenvalue weighted by Gasteiger charge is -2.18. The molecule has 0 aromatic carbocycles. The Bertz CT molecular complexity index is 1610. The second-order valence-electron chi connectivity index (χ2n) is 17.4. The zero-order valence-corrected chi connectivity index (χ0v) is 43.8. The van der Waals surface area contributed by atoms with Gasteiger partial charge in [-0.05, 0) is 89.9 Å². The third-order valence-electron chi connectivity index (χ3n) is 10.8. The molecule has 6 nitrogen and oxygen atoms in total. The third-order valence-corrected chi connectivity index (χ3v) is 10.8. The molecule has 384 valence electrons. The van der Waals surface area contributed by atoms with Crippen LogP contribution in [0.4, 0.5) is 0 Å². The van der Waals surface area contributed by atoms with Crippen LogP contribution in [0.2, 0.25) is 0 Å². The van der Waals surface area contributed by atoms with E-state index in [-0.39, 0.29) is 37.5 Å². The maximum Gasteiger partial charge on any atom is 0.306 e. The summed E-state index contributed by atoms with van der Waals surface area (Å²) in [6.07, 6.45) is 80.7. The van der Waals surface area contributed by atoms with Gasteiger partial charge in [0.1, 0.15) is 13.2 Å². The van der Waals surface area contributed by atoms with E-state index < -0.39 is 6.10 Å². The molecule has 69 heavy (non-hydrogen) atoms. The van der Waals surface area contributed by atoms with Crippen molar-refractivity contribution in [3.8, 4) is 0 Å². The summed E-state index contributed by atoms with van der Waals surface area (Å²) in [6, 6.07) is 0. The number of hydrogen-bond donors (Lipinski definition) is 0. The molecule has 0 rings (SSSR count). The van der Waals surface area contributed by atoms with Crippen molar-refractivity contribution in [1.29, 1.82) is 0 Å². The van der Waals surface area contributed by atoms with Crippen molar-refractivity contribution >= 4 is 17.9 Å². The van der Waals surface area contributed by atoms with Crippen molar-refractivity contribution in [2.75, 3.05) is 13.2 Å². The number of esters is 3. The summed E-state index contributed by atoms with van der Waals surface area (Å²) >= 11 is 0. The predicted octanol–water partition coefficient (Wildman–Crippen LogP) is 18.2. The van der Waals surface area contributed by atoms with Gasteiger partial charge in [0.15, 0.2) is 6.10 Å². The molecule has 0 spiro atoms. The normalized spacial score (nSPS) is 13.4. The van der Waals surface area contributed by atoms with Crippen LogP contribution in [-0.2, 0) is 28.6 Å². The molecule has 6 heteroatoms. The Hall–Kier alpha value is -4.97. The van der Waals surface area contributed by atoms with Crippen LogP contribution < -0.4 is 0 Å². The summed E-state index contributed by atoms with van der Waals surface area (Å²) in [5, 5.41) is 0. The molecule has 0 aliphatic heterocycles. The van der Waals surface area contributed by atoms with Crippen molar-refractivity contribution in [3.63, 3.8) is 0 Å². The minimum Gasteiger partial charge on any atom is -0.462 e. The molecule has 1 atom stereocenters. The number of carbonyl (C=O) groups excluding carboxylic acids is 3. The summed E-state index contributed by atoms with van der Waals surface area (Å²) in [7, 11) is 0. The molecule has 0 aromatic heterocycles. The number of ether oxygens (including phenoxy) is 3. The van der Waals surface area contributed by atoms with Gasteiger partial charge in [0.05, 0.1) is 0 Å². The molecule has 0 saturated heterocycles. The first-order valence-corrected chi connectivity index (χ1v) is 27.2. The van der Waals surface area contributed by atoms with Gasteiger partial charge in [0.2, 0.25) is 0 Å². The molecule has 1 unspecified atom stereocenters. The average Bonchev–Trinajstić information content (AvgIpc) is 3.35. The highest BCUT2D eigenvalue weighted by Gasteiger charge is 2.19. The van der Waals surface area contributed by atoms with Crippen molar-refractivity contribution in [2.24, 2.45) is 0 Å². The Labute approximate surface area is 422 Å². The highest BCUT2D eigenvalue weighted by Crippen LogP contribution is 2.12. The lowest BCUT2D eigenvalue weighted by Crippen LogP contribution is -2.30. The number of hydrogen-bond acceptors (Lipinski definition) is 6. The first kappa shape index (κ1) is 64.0. The van der Waals surface area contributed by atoms with E-state index in [4.69, 9.17) is 14.2 Å². The molecule has 0 N–H and O–H groups in total. The summed E-state index contributed by atoms with van der Waals surface area (Å²) in [6.45, 7) is 6.32. The maximum absolute atomic E-state index is 12.8. The third kappa shape index (κ3) is 53.8. The summed E-state index contributed by atoms with van der Waals surface area (Å²) in [5.74, 6) is -1.02. The molecule has 0 aliphatic rings. The average molecular weight is 949 g/mol. The molecule has 0 bridgehead atoms. The number of carbonyl (C=O) groups is 3. The Morgan fingerprint density at radius 3 is 0.899 bits per heavy atom. The molecule has 0 heterocycles. The first-order valence-electron chi connectivity index (χ1n) is 27.2. The second-order valence-corrected chi connectivity index (χ2v) is 17.4. The fourth-order valence-electron chi connectivity index (χ4n) is 6.72. The molecule has 0 saturated carbocycles. The Balaban J connectivity index is 4.61. The van der Waals surface area contributed by atoms with Crippen LogP contribution in [0.15, 0.2) is 158 Å². The van der Waals surface area contributed by atoms with Gasteiger partial charge in [-0.25, -0.2) is 0 Å². The SMILES string of the molecule is CC\C=C/C=C\C=C/C=C\C=C/CCCCCC(=O)OCC(COC(=O)CCCCCCC\C=C/C=C\C=C/C=C\CCCCC)OC(=O)CCCCCCC\C=C/C=C\C=C/C=C\CCCCC. The van der Waals surface area contributed by atoms with Crippen LogP contribution in [0.3, 0.4) is 0 Å². The highest BCUT2D eigenvalue weighted by atomic mass is 16.6. The molecule has 0 fully saturated rings. The Morgan fingerprint density at radius 1 is 0.304 bits per heavy atom. The Morgan fingerprint density at radius 2 is 0.565 bits per heavy atom. The summed E-state index contributed by atoms with van der Waals surface area (Å²) in [5.41, 5.74) is 0. The lowest BCUT2D eigenvalue weighted by molar-refractivity contribution is -0.167. The van der Waals surface area contributed by atoms with Gasteiger partial charge < -0.3 is 14.2 Å². The highest BCUT2D eigenvalue weighted by molar-refractivity contribution is 5.71. The maximum atomic E-state index is 12.8. The van der Waals surface area contributed by atoms with Crippen molar-refractivity contribution in [2.45, 2.75) is 207 Å². The number of allylic oxidation sites excluding steroid dienone is 26. The van der Waals surface area contributed by atoms with E-state index in [0.29, 0.717) is 12.8 Å². The van der Waals surface area contributed by atoms with Gasteiger partial charge in [-0.15, -0.1) is 0 Å². The van der Waals surface area contributed by atoms with Gasteiger partial charge in [-0.1, -0.05) is 249 Å². The molecular weight excluding hydrogens is 853 g/mol. The van der Waals surface area contributed by atoms with Crippen molar-refractivity contribution < 1.29 is 28.6 Å². The van der Waals surface area contributed by atoms with Gasteiger partial charge in [0.25, 0.3) is 0 Å².